The molecule has 0 bridgehead atoms. The van der Waals surface area contributed by atoms with Crippen LogP contribution in [0.15, 0.2) is 18.7 Å². The molecule has 0 N–H and O–H groups in total. The summed E-state index contributed by atoms with van der Waals surface area (Å²) in [4.78, 5) is 10.8. The third kappa shape index (κ3) is 3.95. The van der Waals surface area contributed by atoms with Gasteiger partial charge in [0, 0.05) is 12.1 Å². The van der Waals surface area contributed by atoms with E-state index in [9.17, 15) is 4.79 Å². The third-order valence-electron chi connectivity index (χ3n) is 1.82. The van der Waals surface area contributed by atoms with E-state index in [0.717, 1.165) is 6.08 Å². The summed E-state index contributed by atoms with van der Waals surface area (Å²) < 4.78 is 10.00. The Labute approximate surface area is 124 Å². The van der Waals surface area contributed by atoms with E-state index in [1.165, 1.54) is 6.07 Å². The van der Waals surface area contributed by atoms with Crippen LogP contribution >= 0.6 is 46.4 Å². The van der Waals surface area contributed by atoms with Crippen LogP contribution in [-0.4, -0.2) is 19.2 Å². The maximum atomic E-state index is 10.8. The molecule has 1 aromatic carbocycles. The molecule has 0 unspecified atom stereocenters. The number of esters is 1. The van der Waals surface area contributed by atoms with E-state index in [4.69, 9.17) is 55.9 Å². The number of hydrogen-bond donors (Lipinski definition) is 0. The molecule has 0 amide bonds. The van der Waals surface area contributed by atoms with E-state index in [2.05, 4.69) is 6.58 Å². The molecule has 0 aromatic heterocycles. The first-order valence-corrected chi connectivity index (χ1v) is 6.23. The summed E-state index contributed by atoms with van der Waals surface area (Å²) >= 11 is 23.4. The molecule has 0 heterocycles. The second-order valence-corrected chi connectivity index (χ2v) is 4.56. The van der Waals surface area contributed by atoms with Crippen LogP contribution < -0.4 is 4.74 Å². The summed E-state index contributed by atoms with van der Waals surface area (Å²) in [6.45, 7) is 3.42. The monoisotopic (exact) mass is 328 g/mol. The van der Waals surface area contributed by atoms with Gasteiger partial charge in [0.2, 0.25) is 0 Å². The van der Waals surface area contributed by atoms with Crippen LogP contribution in [0.25, 0.3) is 0 Å². The molecule has 0 aliphatic heterocycles. The van der Waals surface area contributed by atoms with Crippen molar-refractivity contribution < 1.29 is 14.3 Å². The van der Waals surface area contributed by atoms with Crippen molar-refractivity contribution in [2.75, 3.05) is 13.2 Å². The maximum absolute atomic E-state index is 10.8. The first-order valence-electron chi connectivity index (χ1n) is 4.72. The van der Waals surface area contributed by atoms with Gasteiger partial charge in [-0.25, -0.2) is 4.79 Å². The Hall–Kier alpha value is -0.610. The highest BCUT2D eigenvalue weighted by molar-refractivity contribution is 6.52. The molecule has 0 saturated heterocycles. The standard InChI is InChI=1S/C11H8Cl4O3/c1-2-8(16)18-4-3-17-7-5-6(12)9(13)11(15)10(7)14/h2,5H,1,3-4H2. The lowest BCUT2D eigenvalue weighted by atomic mass is 10.3. The van der Waals surface area contributed by atoms with Crippen LogP contribution in [0.4, 0.5) is 0 Å². The van der Waals surface area contributed by atoms with Gasteiger partial charge >= 0.3 is 5.97 Å². The molecule has 18 heavy (non-hydrogen) atoms. The van der Waals surface area contributed by atoms with Crippen LogP contribution in [0.1, 0.15) is 0 Å². The van der Waals surface area contributed by atoms with Gasteiger partial charge in [0.05, 0.1) is 15.1 Å². The minimum Gasteiger partial charge on any atom is -0.488 e. The van der Waals surface area contributed by atoms with E-state index in [1.54, 1.807) is 0 Å². The van der Waals surface area contributed by atoms with E-state index in [-0.39, 0.29) is 39.1 Å². The molecule has 0 aliphatic rings. The summed E-state index contributed by atoms with van der Waals surface area (Å²) in [5, 5.41) is 0.656. The predicted molar refractivity (Wildman–Crippen MR) is 73.1 cm³/mol. The lowest BCUT2D eigenvalue weighted by Gasteiger charge is -2.11. The highest BCUT2D eigenvalue weighted by atomic mass is 35.5. The number of hydrogen-bond acceptors (Lipinski definition) is 3. The number of benzene rings is 1. The topological polar surface area (TPSA) is 35.5 Å². The highest BCUT2D eigenvalue weighted by Crippen LogP contribution is 2.41. The molecule has 7 heteroatoms. The van der Waals surface area contributed by atoms with Crippen molar-refractivity contribution in [2.24, 2.45) is 0 Å². The zero-order valence-electron chi connectivity index (χ0n) is 9.01. The van der Waals surface area contributed by atoms with Crippen molar-refractivity contribution in [1.29, 1.82) is 0 Å². The number of rotatable bonds is 5. The predicted octanol–water partition coefficient (Wildman–Crippen LogP) is 4.41. The normalized spacial score (nSPS) is 10.0. The van der Waals surface area contributed by atoms with Crippen molar-refractivity contribution in [3.63, 3.8) is 0 Å². The minimum atomic E-state index is -0.531. The third-order valence-corrected chi connectivity index (χ3v) is 3.56. The Morgan fingerprint density at radius 2 is 1.83 bits per heavy atom. The summed E-state index contributed by atoms with van der Waals surface area (Å²) in [6, 6.07) is 1.44. The molecule has 3 nitrogen and oxygen atoms in total. The summed E-state index contributed by atoms with van der Waals surface area (Å²) in [5.74, 6) is -0.261. The maximum Gasteiger partial charge on any atom is 0.330 e. The number of halogens is 4. The van der Waals surface area contributed by atoms with Gasteiger partial charge in [-0.05, 0) is 0 Å². The van der Waals surface area contributed by atoms with Crippen molar-refractivity contribution in [3.8, 4) is 5.75 Å². The van der Waals surface area contributed by atoms with Crippen LogP contribution in [0, 0.1) is 0 Å². The minimum absolute atomic E-state index is 0.0546. The van der Waals surface area contributed by atoms with Gasteiger partial charge in [0.25, 0.3) is 0 Å². The van der Waals surface area contributed by atoms with E-state index in [1.807, 2.05) is 0 Å². The Balaban J connectivity index is 2.63. The SMILES string of the molecule is C=CC(=O)OCCOc1cc(Cl)c(Cl)c(Cl)c1Cl. The lowest BCUT2D eigenvalue weighted by molar-refractivity contribution is -0.138. The van der Waals surface area contributed by atoms with Crippen molar-refractivity contribution in [2.45, 2.75) is 0 Å². The Bertz CT molecular complexity index is 474. The van der Waals surface area contributed by atoms with Crippen LogP contribution in [0.2, 0.25) is 20.1 Å². The quantitative estimate of drug-likeness (QED) is 0.264. The van der Waals surface area contributed by atoms with E-state index in [0.29, 0.717) is 0 Å². The van der Waals surface area contributed by atoms with Crippen molar-refractivity contribution in [3.05, 3.63) is 38.8 Å². The Kier molecular flexibility index (Phi) is 6.09. The van der Waals surface area contributed by atoms with E-state index >= 15 is 0 Å². The van der Waals surface area contributed by atoms with Gasteiger partial charge in [-0.15, -0.1) is 0 Å². The zero-order valence-corrected chi connectivity index (χ0v) is 12.0. The number of carbonyl (C=O) groups excluding carboxylic acids is 1. The molecule has 1 aromatic rings. The average molecular weight is 330 g/mol. The molecule has 0 atom stereocenters. The van der Waals surface area contributed by atoms with Gasteiger partial charge in [0.1, 0.15) is 24.0 Å². The van der Waals surface area contributed by atoms with Crippen LogP contribution in [-0.2, 0) is 9.53 Å². The van der Waals surface area contributed by atoms with Gasteiger partial charge in [-0.2, -0.15) is 0 Å². The zero-order chi connectivity index (χ0) is 13.7. The summed E-state index contributed by atoms with van der Waals surface area (Å²) in [6.07, 6.45) is 1.06. The second-order valence-electron chi connectivity index (χ2n) is 3.02. The molecule has 0 saturated carbocycles. The highest BCUT2D eigenvalue weighted by Gasteiger charge is 2.14. The molecule has 0 aliphatic carbocycles. The second kappa shape index (κ2) is 7.10. The van der Waals surface area contributed by atoms with E-state index < -0.39 is 5.97 Å². The average Bonchev–Trinajstić information content (AvgIpc) is 2.37. The molecule has 0 fully saturated rings. The van der Waals surface area contributed by atoms with Gasteiger partial charge < -0.3 is 9.47 Å². The number of ether oxygens (including phenoxy) is 2. The summed E-state index contributed by atoms with van der Waals surface area (Å²) in [5.41, 5.74) is 0. The van der Waals surface area contributed by atoms with Gasteiger partial charge in [0.15, 0.2) is 0 Å². The fourth-order valence-corrected chi connectivity index (χ4v) is 1.85. The molecule has 0 radical (unpaired) electrons. The molecular formula is C11H8Cl4O3. The van der Waals surface area contributed by atoms with Crippen molar-refractivity contribution in [1.82, 2.24) is 0 Å². The summed E-state index contributed by atoms with van der Waals surface area (Å²) in [7, 11) is 0. The largest absolute Gasteiger partial charge is 0.488 e. The Morgan fingerprint density at radius 1 is 1.17 bits per heavy atom. The molecule has 98 valence electrons. The first kappa shape index (κ1) is 15.4. The molecule has 0 spiro atoms. The van der Waals surface area contributed by atoms with Crippen LogP contribution in [0.3, 0.4) is 0 Å². The Morgan fingerprint density at radius 3 is 2.44 bits per heavy atom. The first-order chi connectivity index (χ1) is 8.47. The van der Waals surface area contributed by atoms with Gasteiger partial charge in [-0.3, -0.25) is 0 Å². The fourth-order valence-electron chi connectivity index (χ4n) is 1.01. The smallest absolute Gasteiger partial charge is 0.330 e. The molecule has 1 rings (SSSR count). The fraction of sp³-hybridized carbons (Fsp3) is 0.182. The van der Waals surface area contributed by atoms with Crippen LogP contribution in [0.5, 0.6) is 5.75 Å². The number of carbonyl (C=O) groups is 1. The van der Waals surface area contributed by atoms with Gasteiger partial charge in [-0.1, -0.05) is 53.0 Å². The lowest BCUT2D eigenvalue weighted by Crippen LogP contribution is -2.10. The van der Waals surface area contributed by atoms with Crippen molar-refractivity contribution >= 4 is 52.4 Å². The molecular weight excluding hydrogens is 322 g/mol.